The number of ether oxygens (including phenoxy) is 1. The molecule has 1 fully saturated rings. The standard InChI is InChI=1S/C16H27NOS/c1-4-8-17-16(13-7-5-6-12(2)9-13)15-10-14(18-3)11-19-15/h10-13,16-17H,4-9H2,1-3H3. The van der Waals surface area contributed by atoms with E-state index in [2.05, 4.69) is 30.6 Å². The molecule has 3 heteroatoms. The van der Waals surface area contributed by atoms with Crippen molar-refractivity contribution in [1.29, 1.82) is 0 Å². The maximum Gasteiger partial charge on any atom is 0.129 e. The van der Waals surface area contributed by atoms with Crippen molar-refractivity contribution in [3.8, 4) is 5.75 Å². The summed E-state index contributed by atoms with van der Waals surface area (Å²) in [6, 6.07) is 2.74. The molecule has 1 N–H and O–H groups in total. The van der Waals surface area contributed by atoms with Crippen LogP contribution in [0.2, 0.25) is 0 Å². The van der Waals surface area contributed by atoms with Crippen LogP contribution in [0.5, 0.6) is 5.75 Å². The molecule has 2 nitrogen and oxygen atoms in total. The van der Waals surface area contributed by atoms with E-state index in [1.54, 1.807) is 7.11 Å². The van der Waals surface area contributed by atoms with E-state index in [-0.39, 0.29) is 0 Å². The first-order chi connectivity index (χ1) is 9.24. The molecule has 0 spiro atoms. The van der Waals surface area contributed by atoms with E-state index in [9.17, 15) is 0 Å². The van der Waals surface area contributed by atoms with Gasteiger partial charge in [0.25, 0.3) is 0 Å². The first-order valence-corrected chi connectivity index (χ1v) is 8.48. The molecule has 0 amide bonds. The minimum atomic E-state index is 0.525. The Bertz CT molecular complexity index is 377. The van der Waals surface area contributed by atoms with Gasteiger partial charge in [-0.25, -0.2) is 0 Å². The lowest BCUT2D eigenvalue weighted by atomic mass is 9.78. The number of hydrogen-bond donors (Lipinski definition) is 1. The highest BCUT2D eigenvalue weighted by Gasteiger charge is 2.28. The zero-order chi connectivity index (χ0) is 13.7. The van der Waals surface area contributed by atoms with Crippen molar-refractivity contribution in [2.45, 2.75) is 52.0 Å². The van der Waals surface area contributed by atoms with E-state index in [4.69, 9.17) is 4.74 Å². The smallest absolute Gasteiger partial charge is 0.129 e. The summed E-state index contributed by atoms with van der Waals surface area (Å²) in [5, 5.41) is 5.90. The molecule has 1 heterocycles. The highest BCUT2D eigenvalue weighted by atomic mass is 32.1. The SMILES string of the molecule is CCCNC(c1cc(OC)cs1)C1CCCC(C)C1. The summed E-state index contributed by atoms with van der Waals surface area (Å²) in [6.07, 6.45) is 6.72. The minimum Gasteiger partial charge on any atom is -0.496 e. The fraction of sp³-hybridized carbons (Fsp3) is 0.750. The quantitative estimate of drug-likeness (QED) is 0.821. The van der Waals surface area contributed by atoms with E-state index in [1.165, 1.54) is 37.0 Å². The van der Waals surface area contributed by atoms with Gasteiger partial charge >= 0.3 is 0 Å². The largest absolute Gasteiger partial charge is 0.496 e. The van der Waals surface area contributed by atoms with Crippen molar-refractivity contribution >= 4 is 11.3 Å². The fourth-order valence-electron chi connectivity index (χ4n) is 3.19. The summed E-state index contributed by atoms with van der Waals surface area (Å²) >= 11 is 1.84. The van der Waals surface area contributed by atoms with E-state index >= 15 is 0 Å². The number of hydrogen-bond acceptors (Lipinski definition) is 3. The van der Waals surface area contributed by atoms with Gasteiger partial charge < -0.3 is 10.1 Å². The molecule has 3 atom stereocenters. The van der Waals surface area contributed by atoms with E-state index in [0.717, 1.165) is 24.1 Å². The molecule has 19 heavy (non-hydrogen) atoms. The first kappa shape index (κ1) is 14.9. The second-order valence-electron chi connectivity index (χ2n) is 5.85. The lowest BCUT2D eigenvalue weighted by Crippen LogP contribution is -2.31. The van der Waals surface area contributed by atoms with Crippen LogP contribution < -0.4 is 10.1 Å². The van der Waals surface area contributed by atoms with Crippen molar-refractivity contribution in [1.82, 2.24) is 5.32 Å². The van der Waals surface area contributed by atoms with Gasteiger partial charge in [0.2, 0.25) is 0 Å². The van der Waals surface area contributed by atoms with Gasteiger partial charge in [-0.2, -0.15) is 0 Å². The van der Waals surface area contributed by atoms with Crippen LogP contribution in [0.25, 0.3) is 0 Å². The highest BCUT2D eigenvalue weighted by Crippen LogP contribution is 2.40. The molecule has 3 unspecified atom stereocenters. The van der Waals surface area contributed by atoms with Gasteiger partial charge in [0.05, 0.1) is 7.11 Å². The normalized spacial score (nSPS) is 25.2. The summed E-state index contributed by atoms with van der Waals surface area (Å²) < 4.78 is 5.34. The lowest BCUT2D eigenvalue weighted by Gasteiger charge is -2.33. The summed E-state index contributed by atoms with van der Waals surface area (Å²) in [5.74, 6) is 2.68. The summed E-state index contributed by atoms with van der Waals surface area (Å²) in [5.41, 5.74) is 0. The molecule has 1 aliphatic carbocycles. The van der Waals surface area contributed by atoms with Crippen LogP contribution in [0.4, 0.5) is 0 Å². The maximum absolute atomic E-state index is 5.34. The summed E-state index contributed by atoms with van der Waals surface area (Å²) in [4.78, 5) is 1.45. The Morgan fingerprint density at radius 2 is 2.32 bits per heavy atom. The Morgan fingerprint density at radius 3 is 2.95 bits per heavy atom. The summed E-state index contributed by atoms with van der Waals surface area (Å²) in [7, 11) is 1.75. The predicted molar refractivity (Wildman–Crippen MR) is 83.0 cm³/mol. The highest BCUT2D eigenvalue weighted by molar-refractivity contribution is 7.10. The van der Waals surface area contributed by atoms with Crippen molar-refractivity contribution < 1.29 is 4.74 Å². The molecule has 1 aromatic heterocycles. The second-order valence-corrected chi connectivity index (χ2v) is 6.80. The van der Waals surface area contributed by atoms with Gasteiger partial charge in [-0.3, -0.25) is 0 Å². The zero-order valence-corrected chi connectivity index (χ0v) is 13.3. The van der Waals surface area contributed by atoms with Crippen molar-refractivity contribution in [3.63, 3.8) is 0 Å². The molecule has 0 radical (unpaired) electrons. The van der Waals surface area contributed by atoms with Crippen molar-refractivity contribution in [2.24, 2.45) is 11.8 Å². The van der Waals surface area contributed by atoms with Crippen LogP contribution in [0.3, 0.4) is 0 Å². The number of rotatable bonds is 6. The van der Waals surface area contributed by atoms with Gasteiger partial charge in [-0.1, -0.05) is 26.7 Å². The van der Waals surface area contributed by atoms with Gasteiger partial charge in [0, 0.05) is 16.3 Å². The van der Waals surface area contributed by atoms with Gasteiger partial charge in [-0.15, -0.1) is 11.3 Å². The van der Waals surface area contributed by atoms with Gasteiger partial charge in [0.15, 0.2) is 0 Å². The molecule has 1 aromatic rings. The number of thiophene rings is 1. The van der Waals surface area contributed by atoms with Crippen LogP contribution in [0.1, 0.15) is 56.9 Å². The van der Waals surface area contributed by atoms with Crippen LogP contribution >= 0.6 is 11.3 Å². The Hall–Kier alpha value is -0.540. The van der Waals surface area contributed by atoms with Gasteiger partial charge in [0.1, 0.15) is 5.75 Å². The number of nitrogens with one attached hydrogen (secondary N) is 1. The number of methoxy groups -OCH3 is 1. The van der Waals surface area contributed by atoms with Crippen LogP contribution in [0.15, 0.2) is 11.4 Å². The van der Waals surface area contributed by atoms with E-state index in [1.807, 2.05) is 11.3 Å². The molecule has 1 saturated carbocycles. The second kappa shape index (κ2) is 7.30. The Labute approximate surface area is 121 Å². The molecular formula is C16H27NOS. The van der Waals surface area contributed by atoms with Crippen LogP contribution in [0, 0.1) is 11.8 Å². The topological polar surface area (TPSA) is 21.3 Å². The third-order valence-corrected chi connectivity index (χ3v) is 5.19. The first-order valence-electron chi connectivity index (χ1n) is 7.60. The van der Waals surface area contributed by atoms with E-state index in [0.29, 0.717) is 6.04 Å². The van der Waals surface area contributed by atoms with Crippen LogP contribution in [-0.2, 0) is 0 Å². The Balaban J connectivity index is 2.09. The molecular weight excluding hydrogens is 254 g/mol. The monoisotopic (exact) mass is 281 g/mol. The molecule has 2 rings (SSSR count). The van der Waals surface area contributed by atoms with Crippen molar-refractivity contribution in [2.75, 3.05) is 13.7 Å². The molecule has 0 saturated heterocycles. The predicted octanol–water partition coefficient (Wildman–Crippen LogP) is 4.62. The third-order valence-electron chi connectivity index (χ3n) is 4.20. The average Bonchev–Trinajstić information content (AvgIpc) is 2.88. The van der Waals surface area contributed by atoms with E-state index < -0.39 is 0 Å². The van der Waals surface area contributed by atoms with Crippen molar-refractivity contribution in [3.05, 3.63) is 16.3 Å². The maximum atomic E-state index is 5.34. The molecule has 0 aromatic carbocycles. The molecule has 108 valence electrons. The summed E-state index contributed by atoms with van der Waals surface area (Å²) in [6.45, 7) is 5.75. The van der Waals surface area contributed by atoms with Gasteiger partial charge in [-0.05, 0) is 43.7 Å². The Kier molecular flexibility index (Phi) is 5.71. The molecule has 0 bridgehead atoms. The zero-order valence-electron chi connectivity index (χ0n) is 12.4. The minimum absolute atomic E-state index is 0.525. The Morgan fingerprint density at radius 1 is 1.47 bits per heavy atom. The molecule has 1 aliphatic rings. The average molecular weight is 281 g/mol. The fourth-order valence-corrected chi connectivity index (χ4v) is 4.21. The third kappa shape index (κ3) is 3.96. The molecule has 0 aliphatic heterocycles. The lowest BCUT2D eigenvalue weighted by molar-refractivity contribution is 0.225. The van der Waals surface area contributed by atoms with Crippen LogP contribution in [-0.4, -0.2) is 13.7 Å².